The Morgan fingerprint density at radius 1 is 0.667 bits per heavy atom. The van der Waals surface area contributed by atoms with Gasteiger partial charge in [0.15, 0.2) is 6.29 Å². The van der Waals surface area contributed by atoms with Crippen molar-refractivity contribution in [1.29, 1.82) is 0 Å². The Bertz CT molecular complexity index is 1030. The van der Waals surface area contributed by atoms with Crippen LogP contribution in [0.25, 0.3) is 0 Å². The lowest BCUT2D eigenvalue weighted by Crippen LogP contribution is -2.69. The molecule has 0 bridgehead atoms. The molecule has 0 radical (unpaired) electrons. The molecule has 216 valence electrons. The molecule has 0 aliphatic carbocycles. The Hall–Kier alpha value is -1.42. The summed E-state index contributed by atoms with van der Waals surface area (Å²) in [5.41, 5.74) is 1.80. The zero-order valence-corrected chi connectivity index (χ0v) is 22.4. The summed E-state index contributed by atoms with van der Waals surface area (Å²) in [6.45, 7) is -0.482. The van der Waals surface area contributed by atoms with Crippen LogP contribution in [-0.2, 0) is 27.3 Å². The fourth-order valence-electron chi connectivity index (χ4n) is 4.67. The van der Waals surface area contributed by atoms with Crippen molar-refractivity contribution in [3.8, 4) is 0 Å². The number of hydrogen-bond acceptors (Lipinski definition) is 11. The van der Waals surface area contributed by atoms with Crippen LogP contribution < -0.4 is 10.6 Å². The molecule has 10 atom stereocenters. The molecule has 39 heavy (non-hydrogen) atoms. The van der Waals surface area contributed by atoms with Gasteiger partial charge in [0.05, 0.1) is 19.3 Å². The summed E-state index contributed by atoms with van der Waals surface area (Å²) in [5.74, 6) is 0. The summed E-state index contributed by atoms with van der Waals surface area (Å²) in [6, 6.07) is 13.6. The molecular formula is C26H34Cl2N2O9. The third-order valence-corrected chi connectivity index (χ3v) is 7.42. The van der Waals surface area contributed by atoms with Gasteiger partial charge in [0, 0.05) is 23.1 Å². The number of benzene rings is 2. The van der Waals surface area contributed by atoms with Gasteiger partial charge in [0.1, 0.15) is 49.0 Å². The summed E-state index contributed by atoms with van der Waals surface area (Å²) >= 11 is 12.0. The highest BCUT2D eigenvalue weighted by atomic mass is 35.5. The summed E-state index contributed by atoms with van der Waals surface area (Å²) in [7, 11) is 0. The molecule has 0 amide bonds. The van der Waals surface area contributed by atoms with E-state index in [0.717, 1.165) is 11.1 Å². The number of aliphatic hydroxyl groups excluding tert-OH is 6. The van der Waals surface area contributed by atoms with Crippen LogP contribution in [0.3, 0.4) is 0 Å². The summed E-state index contributed by atoms with van der Waals surface area (Å²) in [4.78, 5) is 0. The summed E-state index contributed by atoms with van der Waals surface area (Å²) in [6.07, 6.45) is -12.0. The minimum Gasteiger partial charge on any atom is -0.394 e. The van der Waals surface area contributed by atoms with E-state index >= 15 is 0 Å². The third-order valence-electron chi connectivity index (χ3n) is 6.91. The first-order chi connectivity index (χ1) is 18.7. The first-order valence-corrected chi connectivity index (χ1v) is 13.3. The van der Waals surface area contributed by atoms with E-state index < -0.39 is 74.5 Å². The third kappa shape index (κ3) is 7.46. The topological polar surface area (TPSA) is 173 Å². The second kappa shape index (κ2) is 14.0. The maximum Gasteiger partial charge on any atom is 0.187 e. The Morgan fingerprint density at radius 2 is 1.21 bits per heavy atom. The van der Waals surface area contributed by atoms with Crippen LogP contribution in [0, 0.1) is 0 Å². The van der Waals surface area contributed by atoms with Gasteiger partial charge < -0.3 is 50.2 Å². The highest BCUT2D eigenvalue weighted by Crippen LogP contribution is 2.29. The van der Waals surface area contributed by atoms with E-state index in [1.165, 1.54) is 0 Å². The number of halogens is 2. The van der Waals surface area contributed by atoms with E-state index in [4.69, 9.17) is 37.4 Å². The molecule has 8 N–H and O–H groups in total. The monoisotopic (exact) mass is 588 g/mol. The zero-order valence-electron chi connectivity index (χ0n) is 20.9. The quantitative estimate of drug-likeness (QED) is 0.180. The predicted molar refractivity (Wildman–Crippen MR) is 141 cm³/mol. The van der Waals surface area contributed by atoms with Crippen LogP contribution in [0.1, 0.15) is 11.1 Å². The van der Waals surface area contributed by atoms with Gasteiger partial charge in [0.2, 0.25) is 0 Å². The van der Waals surface area contributed by atoms with E-state index in [-0.39, 0.29) is 0 Å². The van der Waals surface area contributed by atoms with Crippen molar-refractivity contribution in [2.24, 2.45) is 0 Å². The van der Waals surface area contributed by atoms with Gasteiger partial charge in [-0.05, 0) is 35.4 Å². The molecule has 2 fully saturated rings. The number of rotatable bonds is 10. The standard InChI is InChI=1S/C26H34Cl2N2O9/c27-15-5-1-13(2-6-15)9-29-19-21(34)24(39-26-23(36)22(35)20(33)17(11-31)38-26)18(12-32)37-25(19)30-10-14-3-7-16(28)8-4-14/h1-8,17-26,29-36H,9-12H2/t17-,18-,19-,20-,21-,22+,23-,24-,25-,26-/m1/s1. The minimum atomic E-state index is -1.68. The second-order valence-electron chi connectivity index (χ2n) is 9.61. The Morgan fingerprint density at radius 3 is 1.74 bits per heavy atom. The van der Waals surface area contributed by atoms with Gasteiger partial charge >= 0.3 is 0 Å². The molecule has 0 saturated carbocycles. The highest BCUT2D eigenvalue weighted by Gasteiger charge is 2.50. The lowest BCUT2D eigenvalue weighted by atomic mass is 9.94. The van der Waals surface area contributed by atoms with Crippen molar-refractivity contribution in [3.05, 3.63) is 69.7 Å². The zero-order chi connectivity index (χ0) is 28.1. The summed E-state index contributed by atoms with van der Waals surface area (Å²) < 4.78 is 17.4. The largest absolute Gasteiger partial charge is 0.394 e. The number of nitrogens with one attached hydrogen (secondary N) is 2. The highest BCUT2D eigenvalue weighted by molar-refractivity contribution is 6.30. The molecular weight excluding hydrogens is 555 g/mol. The van der Waals surface area contributed by atoms with Crippen molar-refractivity contribution in [3.63, 3.8) is 0 Å². The van der Waals surface area contributed by atoms with Crippen LogP contribution in [-0.4, -0.2) is 105 Å². The Kier molecular flexibility index (Phi) is 10.9. The molecule has 2 aromatic rings. The van der Waals surface area contributed by atoms with Crippen molar-refractivity contribution in [1.82, 2.24) is 10.6 Å². The van der Waals surface area contributed by atoms with Crippen molar-refractivity contribution in [2.75, 3.05) is 13.2 Å². The smallest absolute Gasteiger partial charge is 0.187 e. The molecule has 2 saturated heterocycles. The van der Waals surface area contributed by atoms with Gasteiger partial charge in [-0.15, -0.1) is 0 Å². The maximum absolute atomic E-state index is 11.5. The van der Waals surface area contributed by atoms with E-state index in [9.17, 15) is 30.6 Å². The van der Waals surface area contributed by atoms with Crippen LogP contribution in [0.15, 0.2) is 48.5 Å². The van der Waals surface area contributed by atoms with Crippen molar-refractivity contribution < 1.29 is 44.8 Å². The number of aliphatic hydroxyl groups is 6. The molecule has 13 heteroatoms. The van der Waals surface area contributed by atoms with Gasteiger partial charge in [-0.3, -0.25) is 5.32 Å². The average molecular weight is 589 g/mol. The molecule has 2 heterocycles. The predicted octanol–water partition coefficient (Wildman–Crippen LogP) is -0.495. The molecule has 0 unspecified atom stereocenters. The first-order valence-electron chi connectivity index (χ1n) is 12.6. The molecule has 2 aliphatic heterocycles. The molecule has 11 nitrogen and oxygen atoms in total. The molecule has 2 aliphatic rings. The average Bonchev–Trinajstić information content (AvgIpc) is 2.94. The minimum absolute atomic E-state index is 0.331. The Balaban J connectivity index is 1.52. The SMILES string of the molecule is OC[C@H]1O[C@H](O[C@H]2[C@H](O)[C@@H](NCc3ccc(Cl)cc3)[C@H](NCc3ccc(Cl)cc3)O[C@@H]2CO)[C@H](O)[C@@H](O)[C@@H]1O. The molecule has 2 aromatic carbocycles. The van der Waals surface area contributed by atoms with Crippen molar-refractivity contribution >= 4 is 23.2 Å². The number of hydrogen-bond donors (Lipinski definition) is 8. The molecule has 0 aromatic heterocycles. The van der Waals surface area contributed by atoms with Crippen molar-refractivity contribution in [2.45, 2.75) is 74.4 Å². The van der Waals surface area contributed by atoms with Gasteiger partial charge in [-0.2, -0.15) is 0 Å². The summed E-state index contributed by atoms with van der Waals surface area (Å²) in [5, 5.41) is 69.4. The van der Waals surface area contributed by atoms with Crippen LogP contribution >= 0.6 is 23.2 Å². The van der Waals surface area contributed by atoms with E-state index in [0.29, 0.717) is 23.1 Å². The van der Waals surface area contributed by atoms with Crippen LogP contribution in [0.2, 0.25) is 10.0 Å². The van der Waals surface area contributed by atoms with E-state index in [1.807, 2.05) is 24.3 Å². The Labute approximate surface area is 235 Å². The fourth-order valence-corrected chi connectivity index (χ4v) is 4.92. The maximum atomic E-state index is 11.5. The molecule has 4 rings (SSSR count). The van der Waals surface area contributed by atoms with Gasteiger partial charge in [0.25, 0.3) is 0 Å². The lowest BCUT2D eigenvalue weighted by Gasteiger charge is -2.47. The van der Waals surface area contributed by atoms with Gasteiger partial charge in [-0.1, -0.05) is 47.5 Å². The lowest BCUT2D eigenvalue weighted by molar-refractivity contribution is -0.337. The van der Waals surface area contributed by atoms with Gasteiger partial charge in [-0.25, -0.2) is 0 Å². The van der Waals surface area contributed by atoms with E-state index in [2.05, 4.69) is 10.6 Å². The fraction of sp³-hybridized carbons (Fsp3) is 0.538. The normalized spacial score (nSPS) is 35.2. The first kappa shape index (κ1) is 30.5. The number of ether oxygens (including phenoxy) is 3. The molecule has 0 spiro atoms. The van der Waals surface area contributed by atoms with E-state index in [1.54, 1.807) is 24.3 Å². The van der Waals surface area contributed by atoms with Crippen LogP contribution in [0.5, 0.6) is 0 Å². The van der Waals surface area contributed by atoms with Crippen LogP contribution in [0.4, 0.5) is 0 Å². The second-order valence-corrected chi connectivity index (χ2v) is 10.5.